The molecule has 2 aliphatic carbocycles. The maximum Gasteiger partial charge on any atom is 0.119 e. The van der Waals surface area contributed by atoms with Gasteiger partial charge in [0, 0.05) is 18.0 Å². The van der Waals surface area contributed by atoms with Crippen molar-refractivity contribution in [3.8, 4) is 5.75 Å². The van der Waals surface area contributed by atoms with Crippen molar-refractivity contribution in [1.82, 2.24) is 4.90 Å². The number of rotatable bonds is 4. The fourth-order valence-electron chi connectivity index (χ4n) is 6.41. The van der Waals surface area contributed by atoms with E-state index in [1.165, 1.54) is 63.6 Å². The number of benzene rings is 2. The van der Waals surface area contributed by atoms with E-state index in [0.717, 1.165) is 11.7 Å². The first kappa shape index (κ1) is 20.0. The van der Waals surface area contributed by atoms with E-state index in [-0.39, 0.29) is 17.0 Å². The molecule has 1 aliphatic heterocycles. The molecule has 1 heterocycles. The van der Waals surface area contributed by atoms with Gasteiger partial charge in [-0.15, -0.1) is 17.0 Å². The van der Waals surface area contributed by atoms with Gasteiger partial charge in [0.05, 0.1) is 7.11 Å². The molecule has 3 heteroatoms. The van der Waals surface area contributed by atoms with Gasteiger partial charge in [-0.1, -0.05) is 49.2 Å². The Morgan fingerprint density at radius 3 is 2.75 bits per heavy atom. The summed E-state index contributed by atoms with van der Waals surface area (Å²) >= 11 is 0. The average Bonchev–Trinajstić information content (AvgIpc) is 2.73. The second kappa shape index (κ2) is 8.20. The van der Waals surface area contributed by atoms with Crippen LogP contribution in [0.3, 0.4) is 0 Å². The zero-order chi connectivity index (χ0) is 18.3. The molecule has 2 fully saturated rings. The van der Waals surface area contributed by atoms with Crippen LogP contribution in [0.5, 0.6) is 5.75 Å². The smallest absolute Gasteiger partial charge is 0.119 e. The highest BCUT2D eigenvalue weighted by Gasteiger charge is 2.53. The molecule has 2 nitrogen and oxygen atoms in total. The largest absolute Gasteiger partial charge is 0.497 e. The van der Waals surface area contributed by atoms with Crippen LogP contribution in [0, 0.1) is 5.92 Å². The Morgan fingerprint density at radius 2 is 1.93 bits per heavy atom. The molecule has 0 amide bonds. The quantitative estimate of drug-likeness (QED) is 0.614. The highest BCUT2D eigenvalue weighted by Crippen LogP contribution is 2.56. The molecule has 28 heavy (non-hydrogen) atoms. The molecule has 3 atom stereocenters. The molecule has 0 N–H and O–H groups in total. The maximum atomic E-state index is 5.55. The van der Waals surface area contributed by atoms with E-state index in [0.29, 0.717) is 11.5 Å². The van der Waals surface area contributed by atoms with E-state index in [1.807, 2.05) is 0 Å². The summed E-state index contributed by atoms with van der Waals surface area (Å²) in [4.78, 5) is 2.82. The zero-order valence-electron chi connectivity index (χ0n) is 16.9. The molecular formula is C25H32BrNO. The van der Waals surface area contributed by atoms with Crippen molar-refractivity contribution >= 4 is 17.0 Å². The number of ether oxygens (including phenoxy) is 1. The van der Waals surface area contributed by atoms with Crippen LogP contribution in [0.1, 0.15) is 48.8 Å². The fourth-order valence-corrected chi connectivity index (χ4v) is 6.41. The minimum atomic E-state index is 0. The van der Waals surface area contributed by atoms with Crippen LogP contribution in [0.25, 0.3) is 0 Å². The van der Waals surface area contributed by atoms with Crippen molar-refractivity contribution < 1.29 is 4.74 Å². The highest BCUT2D eigenvalue weighted by atomic mass is 79.9. The lowest BCUT2D eigenvalue weighted by molar-refractivity contribution is -0.0106. The molecule has 3 aliphatic rings. The summed E-state index contributed by atoms with van der Waals surface area (Å²) in [6.07, 6.45) is 9.33. The molecule has 150 valence electrons. The third-order valence-electron chi connectivity index (χ3n) is 7.68. The van der Waals surface area contributed by atoms with Gasteiger partial charge < -0.3 is 4.74 Å². The van der Waals surface area contributed by atoms with Crippen LogP contribution >= 0.6 is 17.0 Å². The molecule has 2 bridgehead atoms. The molecule has 0 unspecified atom stereocenters. The summed E-state index contributed by atoms with van der Waals surface area (Å²) in [5.74, 6) is 1.87. The number of methoxy groups -OCH3 is 1. The predicted octanol–water partition coefficient (Wildman–Crippen LogP) is 5.57. The van der Waals surface area contributed by atoms with Crippen molar-refractivity contribution in [2.75, 3.05) is 20.2 Å². The van der Waals surface area contributed by atoms with Gasteiger partial charge in [0.15, 0.2) is 0 Å². The molecular weight excluding hydrogens is 410 g/mol. The number of likely N-dealkylation sites (tertiary alicyclic amines) is 1. The first-order valence-electron chi connectivity index (χ1n) is 10.8. The molecule has 0 radical (unpaired) electrons. The van der Waals surface area contributed by atoms with Crippen LogP contribution in [-0.2, 0) is 18.3 Å². The van der Waals surface area contributed by atoms with Crippen molar-refractivity contribution in [2.24, 2.45) is 5.92 Å². The summed E-state index contributed by atoms with van der Waals surface area (Å²) in [5, 5.41) is 0. The molecule has 0 aromatic heterocycles. The van der Waals surface area contributed by atoms with Gasteiger partial charge in [0.1, 0.15) is 5.75 Å². The average molecular weight is 442 g/mol. The molecule has 2 aromatic carbocycles. The van der Waals surface area contributed by atoms with Gasteiger partial charge in [-0.05, 0) is 73.4 Å². The number of nitrogens with zero attached hydrogens (tertiary/aromatic N) is 1. The second-order valence-corrected chi connectivity index (χ2v) is 8.82. The lowest BCUT2D eigenvalue weighted by Gasteiger charge is -2.59. The number of fused-ring (bicyclic) bond motifs is 1. The predicted molar refractivity (Wildman–Crippen MR) is 121 cm³/mol. The minimum absolute atomic E-state index is 0. The SMILES string of the molecule is Br.COc1ccc2c(c1)C[C@@H]1[C@@H]3CCCC[C@]23CCN1CCc1ccccc1. The first-order valence-corrected chi connectivity index (χ1v) is 10.8. The zero-order valence-corrected chi connectivity index (χ0v) is 18.6. The Hall–Kier alpha value is -1.32. The summed E-state index contributed by atoms with van der Waals surface area (Å²) < 4.78 is 5.55. The van der Waals surface area contributed by atoms with Gasteiger partial charge in [-0.3, -0.25) is 4.90 Å². The minimum Gasteiger partial charge on any atom is -0.497 e. The Kier molecular flexibility index (Phi) is 5.85. The van der Waals surface area contributed by atoms with Crippen molar-refractivity contribution in [3.63, 3.8) is 0 Å². The molecule has 1 saturated carbocycles. The van der Waals surface area contributed by atoms with Gasteiger partial charge in [0.25, 0.3) is 0 Å². The Morgan fingerprint density at radius 1 is 1.07 bits per heavy atom. The van der Waals surface area contributed by atoms with Gasteiger partial charge in [-0.2, -0.15) is 0 Å². The highest BCUT2D eigenvalue weighted by molar-refractivity contribution is 8.93. The van der Waals surface area contributed by atoms with Gasteiger partial charge in [-0.25, -0.2) is 0 Å². The van der Waals surface area contributed by atoms with Crippen LogP contribution in [0.15, 0.2) is 48.5 Å². The summed E-state index contributed by atoms with van der Waals surface area (Å²) in [7, 11) is 1.79. The molecule has 0 spiro atoms. The number of hydrogen-bond donors (Lipinski definition) is 0. The van der Waals surface area contributed by atoms with Crippen LogP contribution in [-0.4, -0.2) is 31.1 Å². The molecule has 1 saturated heterocycles. The lowest BCUT2D eigenvalue weighted by Crippen LogP contribution is -2.61. The van der Waals surface area contributed by atoms with Crippen molar-refractivity contribution in [2.45, 2.75) is 56.4 Å². The third kappa shape index (κ3) is 3.31. The summed E-state index contributed by atoms with van der Waals surface area (Å²) in [6, 6.07) is 18.6. The Bertz CT molecular complexity index is 807. The van der Waals surface area contributed by atoms with E-state index in [4.69, 9.17) is 4.74 Å². The van der Waals surface area contributed by atoms with Crippen LogP contribution in [0.2, 0.25) is 0 Å². The summed E-state index contributed by atoms with van der Waals surface area (Å²) in [5.41, 5.74) is 5.12. The lowest BCUT2D eigenvalue weighted by atomic mass is 9.52. The maximum absolute atomic E-state index is 5.55. The van der Waals surface area contributed by atoms with E-state index in [2.05, 4.69) is 53.4 Å². The normalized spacial score (nSPS) is 28.6. The second-order valence-electron chi connectivity index (χ2n) is 8.82. The van der Waals surface area contributed by atoms with E-state index in [1.54, 1.807) is 18.2 Å². The number of piperidine rings is 1. The topological polar surface area (TPSA) is 12.5 Å². The number of halogens is 1. The van der Waals surface area contributed by atoms with Gasteiger partial charge >= 0.3 is 0 Å². The third-order valence-corrected chi connectivity index (χ3v) is 7.68. The number of hydrogen-bond acceptors (Lipinski definition) is 2. The first-order chi connectivity index (χ1) is 13.3. The van der Waals surface area contributed by atoms with E-state index in [9.17, 15) is 0 Å². The standard InChI is InChI=1S/C25H31NO.BrH/c1-27-21-10-11-22-20(17-21)18-24-23-9-5-6-13-25(22,23)14-16-26(24)15-12-19-7-3-2-4-8-19;/h2-4,7-8,10-11,17,23-24H,5-6,9,12-16,18H2,1H3;1H/t23-,24+,25-;/m0./s1. The van der Waals surface area contributed by atoms with Gasteiger partial charge in [0.2, 0.25) is 0 Å². The Balaban J connectivity index is 0.00000192. The van der Waals surface area contributed by atoms with Crippen LogP contribution in [0.4, 0.5) is 0 Å². The fraction of sp³-hybridized carbons (Fsp3) is 0.520. The summed E-state index contributed by atoms with van der Waals surface area (Å²) in [6.45, 7) is 2.46. The monoisotopic (exact) mass is 441 g/mol. The van der Waals surface area contributed by atoms with Crippen LogP contribution < -0.4 is 4.74 Å². The molecule has 5 rings (SSSR count). The molecule has 2 aromatic rings. The van der Waals surface area contributed by atoms with Crippen molar-refractivity contribution in [3.05, 3.63) is 65.2 Å². The Labute approximate surface area is 180 Å². The van der Waals surface area contributed by atoms with E-state index < -0.39 is 0 Å². The van der Waals surface area contributed by atoms with E-state index >= 15 is 0 Å². The van der Waals surface area contributed by atoms with Crippen molar-refractivity contribution in [1.29, 1.82) is 0 Å².